The molecule has 0 radical (unpaired) electrons. The molecule has 1 aliphatic carbocycles. The Morgan fingerprint density at radius 3 is 2.78 bits per heavy atom. The Morgan fingerprint density at radius 1 is 1.28 bits per heavy atom. The Morgan fingerprint density at radius 2 is 2.06 bits per heavy atom. The van der Waals surface area contributed by atoms with Crippen LogP contribution in [0.2, 0.25) is 0 Å². The summed E-state index contributed by atoms with van der Waals surface area (Å²) in [5, 5.41) is 3.78. The van der Waals surface area contributed by atoms with Crippen molar-refractivity contribution in [3.63, 3.8) is 0 Å². The number of nitrogens with zero attached hydrogens (tertiary/aromatic N) is 1. The molecule has 0 aromatic carbocycles. The third-order valence-corrected chi connectivity index (χ3v) is 4.62. The van der Waals surface area contributed by atoms with E-state index in [1.165, 1.54) is 38.5 Å². The molecule has 2 atom stereocenters. The number of ether oxygens (including phenoxy) is 1. The molecule has 2 unspecified atom stereocenters. The smallest absolute Gasteiger partial charge is 0.0622 e. The Balaban J connectivity index is 1.73. The van der Waals surface area contributed by atoms with E-state index in [0.29, 0.717) is 12.1 Å². The lowest BCUT2D eigenvalue weighted by molar-refractivity contribution is -0.0267. The van der Waals surface area contributed by atoms with Crippen LogP contribution in [-0.2, 0) is 4.74 Å². The standard InChI is InChI=1S/C15H30N2O/c1-3-15-12-18-10-9-17(15)13(2)11-16-14-7-5-4-6-8-14/h13-16H,3-12H2,1-2H3. The number of morpholine rings is 1. The van der Waals surface area contributed by atoms with Gasteiger partial charge in [-0.25, -0.2) is 0 Å². The fraction of sp³-hybridized carbons (Fsp3) is 1.00. The molecule has 2 aliphatic rings. The molecule has 1 heterocycles. The minimum Gasteiger partial charge on any atom is -0.378 e. The van der Waals surface area contributed by atoms with Crippen molar-refractivity contribution < 1.29 is 4.74 Å². The molecule has 1 saturated heterocycles. The van der Waals surface area contributed by atoms with Crippen LogP contribution < -0.4 is 5.32 Å². The summed E-state index contributed by atoms with van der Waals surface area (Å²) in [7, 11) is 0. The van der Waals surface area contributed by atoms with Gasteiger partial charge in [-0.1, -0.05) is 26.2 Å². The molecule has 3 heteroatoms. The summed E-state index contributed by atoms with van der Waals surface area (Å²) >= 11 is 0. The average molecular weight is 254 g/mol. The Labute approximate surface area is 112 Å². The first-order valence-electron chi connectivity index (χ1n) is 7.88. The summed E-state index contributed by atoms with van der Waals surface area (Å²) in [4.78, 5) is 2.64. The maximum absolute atomic E-state index is 5.59. The normalized spacial score (nSPS) is 29.3. The fourth-order valence-corrected chi connectivity index (χ4v) is 3.36. The van der Waals surface area contributed by atoms with Crippen molar-refractivity contribution in [2.24, 2.45) is 0 Å². The Hall–Kier alpha value is -0.120. The highest BCUT2D eigenvalue weighted by atomic mass is 16.5. The van der Waals surface area contributed by atoms with Gasteiger partial charge in [-0.3, -0.25) is 4.90 Å². The molecule has 0 aromatic heterocycles. The minimum absolute atomic E-state index is 0.627. The van der Waals surface area contributed by atoms with Gasteiger partial charge in [0.15, 0.2) is 0 Å². The summed E-state index contributed by atoms with van der Waals surface area (Å²) in [5.74, 6) is 0. The summed E-state index contributed by atoms with van der Waals surface area (Å²) in [5.41, 5.74) is 0. The van der Waals surface area contributed by atoms with Crippen LogP contribution in [0.3, 0.4) is 0 Å². The van der Waals surface area contributed by atoms with Crippen molar-refractivity contribution >= 4 is 0 Å². The predicted molar refractivity (Wildman–Crippen MR) is 75.9 cm³/mol. The van der Waals surface area contributed by atoms with Gasteiger partial charge >= 0.3 is 0 Å². The maximum atomic E-state index is 5.59. The van der Waals surface area contributed by atoms with Crippen LogP contribution in [0.25, 0.3) is 0 Å². The van der Waals surface area contributed by atoms with Gasteiger partial charge in [0.2, 0.25) is 0 Å². The van der Waals surface area contributed by atoms with E-state index in [4.69, 9.17) is 4.74 Å². The second-order valence-corrected chi connectivity index (χ2v) is 5.97. The third kappa shape index (κ3) is 3.94. The molecule has 2 fully saturated rings. The van der Waals surface area contributed by atoms with E-state index in [1.807, 2.05) is 0 Å². The summed E-state index contributed by atoms with van der Waals surface area (Å²) in [6.07, 6.45) is 8.24. The van der Waals surface area contributed by atoms with Gasteiger partial charge < -0.3 is 10.1 Å². The quantitative estimate of drug-likeness (QED) is 0.815. The van der Waals surface area contributed by atoms with Crippen LogP contribution in [-0.4, -0.2) is 49.3 Å². The first-order valence-corrected chi connectivity index (χ1v) is 7.88. The minimum atomic E-state index is 0.627. The lowest BCUT2D eigenvalue weighted by Gasteiger charge is -2.40. The zero-order valence-corrected chi connectivity index (χ0v) is 12.2. The zero-order valence-electron chi connectivity index (χ0n) is 12.2. The molecule has 1 N–H and O–H groups in total. The lowest BCUT2D eigenvalue weighted by atomic mass is 9.95. The van der Waals surface area contributed by atoms with Gasteiger partial charge in [-0.2, -0.15) is 0 Å². The van der Waals surface area contributed by atoms with Gasteiger partial charge in [-0.15, -0.1) is 0 Å². The molecular formula is C15H30N2O. The van der Waals surface area contributed by atoms with Gasteiger partial charge in [0, 0.05) is 31.2 Å². The average Bonchev–Trinajstić information content (AvgIpc) is 2.45. The van der Waals surface area contributed by atoms with Gasteiger partial charge in [0.25, 0.3) is 0 Å². The largest absolute Gasteiger partial charge is 0.378 e. The van der Waals surface area contributed by atoms with Crippen molar-refractivity contribution in [1.29, 1.82) is 0 Å². The van der Waals surface area contributed by atoms with Gasteiger partial charge in [0.1, 0.15) is 0 Å². The predicted octanol–water partition coefficient (Wildman–Crippen LogP) is 2.41. The Bertz CT molecular complexity index is 229. The third-order valence-electron chi connectivity index (χ3n) is 4.62. The molecular weight excluding hydrogens is 224 g/mol. The molecule has 3 nitrogen and oxygen atoms in total. The van der Waals surface area contributed by atoms with E-state index in [1.54, 1.807) is 0 Å². The highest BCUT2D eigenvalue weighted by Gasteiger charge is 2.26. The maximum Gasteiger partial charge on any atom is 0.0622 e. The molecule has 18 heavy (non-hydrogen) atoms. The second kappa shape index (κ2) is 7.46. The van der Waals surface area contributed by atoms with Crippen LogP contribution in [0.5, 0.6) is 0 Å². The van der Waals surface area contributed by atoms with E-state index in [-0.39, 0.29) is 0 Å². The number of nitrogens with one attached hydrogen (secondary N) is 1. The number of rotatable bonds is 5. The Kier molecular flexibility index (Phi) is 5.93. The van der Waals surface area contributed by atoms with E-state index in [0.717, 1.165) is 32.3 Å². The molecule has 2 rings (SSSR count). The van der Waals surface area contributed by atoms with Gasteiger partial charge in [0.05, 0.1) is 13.2 Å². The molecule has 1 saturated carbocycles. The van der Waals surface area contributed by atoms with Crippen molar-refractivity contribution in [1.82, 2.24) is 10.2 Å². The first kappa shape index (κ1) is 14.3. The topological polar surface area (TPSA) is 24.5 Å². The highest BCUT2D eigenvalue weighted by molar-refractivity contribution is 4.82. The van der Waals surface area contributed by atoms with Crippen LogP contribution >= 0.6 is 0 Å². The SMILES string of the molecule is CCC1COCCN1C(C)CNC1CCCCC1. The summed E-state index contributed by atoms with van der Waals surface area (Å²) in [6.45, 7) is 8.71. The van der Waals surface area contributed by atoms with Crippen molar-refractivity contribution in [2.45, 2.75) is 70.5 Å². The van der Waals surface area contributed by atoms with E-state index >= 15 is 0 Å². The van der Waals surface area contributed by atoms with Gasteiger partial charge in [-0.05, 0) is 26.2 Å². The molecule has 1 aliphatic heterocycles. The van der Waals surface area contributed by atoms with Crippen molar-refractivity contribution in [2.75, 3.05) is 26.3 Å². The van der Waals surface area contributed by atoms with E-state index in [2.05, 4.69) is 24.1 Å². The second-order valence-electron chi connectivity index (χ2n) is 5.97. The molecule has 0 amide bonds. The monoisotopic (exact) mass is 254 g/mol. The van der Waals surface area contributed by atoms with E-state index in [9.17, 15) is 0 Å². The molecule has 0 aromatic rings. The zero-order chi connectivity index (χ0) is 12.8. The van der Waals surface area contributed by atoms with E-state index < -0.39 is 0 Å². The van der Waals surface area contributed by atoms with Crippen LogP contribution in [0.4, 0.5) is 0 Å². The summed E-state index contributed by atoms with van der Waals surface area (Å²) < 4.78 is 5.59. The highest BCUT2D eigenvalue weighted by Crippen LogP contribution is 2.18. The molecule has 0 bridgehead atoms. The number of hydrogen-bond acceptors (Lipinski definition) is 3. The van der Waals surface area contributed by atoms with Crippen LogP contribution in [0, 0.1) is 0 Å². The van der Waals surface area contributed by atoms with Crippen LogP contribution in [0.1, 0.15) is 52.4 Å². The molecule has 106 valence electrons. The van der Waals surface area contributed by atoms with Crippen LogP contribution in [0.15, 0.2) is 0 Å². The summed E-state index contributed by atoms with van der Waals surface area (Å²) in [6, 6.07) is 2.05. The van der Waals surface area contributed by atoms with Crippen molar-refractivity contribution in [3.8, 4) is 0 Å². The fourth-order valence-electron chi connectivity index (χ4n) is 3.36. The lowest BCUT2D eigenvalue weighted by Crippen LogP contribution is -2.53. The number of hydrogen-bond donors (Lipinski definition) is 1. The van der Waals surface area contributed by atoms with Crippen molar-refractivity contribution in [3.05, 3.63) is 0 Å². The molecule has 0 spiro atoms. The first-order chi connectivity index (χ1) is 8.81.